The van der Waals surface area contributed by atoms with E-state index in [1.54, 1.807) is 11.3 Å². The third kappa shape index (κ3) is 3.36. The van der Waals surface area contributed by atoms with E-state index in [0.717, 1.165) is 17.7 Å². The summed E-state index contributed by atoms with van der Waals surface area (Å²) in [4.78, 5) is 11.6. The van der Waals surface area contributed by atoms with Crippen LogP contribution in [0.15, 0.2) is 10.8 Å². The summed E-state index contributed by atoms with van der Waals surface area (Å²) in [5.74, 6) is 0.942. The molecule has 2 heterocycles. The van der Waals surface area contributed by atoms with Crippen molar-refractivity contribution in [2.75, 3.05) is 6.61 Å². The molecule has 4 nitrogen and oxygen atoms in total. The number of carbonyl (C=O) groups is 1. The highest BCUT2D eigenvalue weighted by atomic mass is 32.1. The molecule has 0 saturated heterocycles. The lowest BCUT2D eigenvalue weighted by Gasteiger charge is -2.26. The second kappa shape index (κ2) is 4.56. The topological polar surface area (TPSA) is 47.6 Å². The van der Waals surface area contributed by atoms with E-state index in [-0.39, 0.29) is 12.1 Å². The Hall–Kier alpha value is -1.23. The highest BCUT2D eigenvalue weighted by Crippen LogP contribution is 2.28. The standard InChI is InChI=1S/C12H17NO3S/c1-12(2,3)16-11(14)13-9-4-8-6-17-7-10(8)15-5-9/h6-7,9H,4-5H2,1-3H3,(H,13,14). The number of nitrogens with one attached hydrogen (secondary N) is 1. The highest BCUT2D eigenvalue weighted by Gasteiger charge is 2.24. The first-order chi connectivity index (χ1) is 7.94. The third-order valence-corrected chi connectivity index (χ3v) is 3.10. The van der Waals surface area contributed by atoms with Gasteiger partial charge in [-0.1, -0.05) is 0 Å². The molecule has 1 amide bonds. The van der Waals surface area contributed by atoms with Crippen LogP contribution in [0.5, 0.6) is 5.75 Å². The first-order valence-corrected chi connectivity index (χ1v) is 6.56. The van der Waals surface area contributed by atoms with Crippen LogP contribution in [0.1, 0.15) is 26.3 Å². The number of rotatable bonds is 1. The molecule has 94 valence electrons. The lowest BCUT2D eigenvalue weighted by Crippen LogP contribution is -2.44. The van der Waals surface area contributed by atoms with Crippen molar-refractivity contribution in [3.8, 4) is 5.75 Å². The average Bonchev–Trinajstić information content (AvgIpc) is 2.61. The maximum Gasteiger partial charge on any atom is 0.408 e. The van der Waals surface area contributed by atoms with Crippen LogP contribution < -0.4 is 10.1 Å². The molecule has 0 bridgehead atoms. The number of fused-ring (bicyclic) bond motifs is 1. The van der Waals surface area contributed by atoms with Crippen molar-refractivity contribution in [1.82, 2.24) is 5.32 Å². The Morgan fingerprint density at radius 3 is 3.00 bits per heavy atom. The number of hydrogen-bond acceptors (Lipinski definition) is 4. The molecule has 1 aliphatic rings. The Balaban J connectivity index is 1.88. The SMILES string of the molecule is CC(C)(C)OC(=O)NC1COc2cscc2C1. The molecule has 1 aliphatic heterocycles. The first-order valence-electron chi connectivity index (χ1n) is 5.61. The molecule has 0 fully saturated rings. The van der Waals surface area contributed by atoms with Gasteiger partial charge in [0.15, 0.2) is 0 Å². The van der Waals surface area contributed by atoms with E-state index in [9.17, 15) is 4.79 Å². The van der Waals surface area contributed by atoms with Crippen LogP contribution in [0.2, 0.25) is 0 Å². The number of carbonyl (C=O) groups excluding carboxylic acids is 1. The lowest BCUT2D eigenvalue weighted by atomic mass is 10.1. The van der Waals surface area contributed by atoms with E-state index in [1.807, 2.05) is 26.2 Å². The minimum atomic E-state index is -0.465. The Morgan fingerprint density at radius 1 is 1.53 bits per heavy atom. The van der Waals surface area contributed by atoms with Gasteiger partial charge in [0.2, 0.25) is 0 Å². The molecule has 0 spiro atoms. The van der Waals surface area contributed by atoms with E-state index in [2.05, 4.69) is 10.7 Å². The minimum Gasteiger partial charge on any atom is -0.490 e. The smallest absolute Gasteiger partial charge is 0.408 e. The van der Waals surface area contributed by atoms with Crippen molar-refractivity contribution in [1.29, 1.82) is 0 Å². The zero-order valence-corrected chi connectivity index (χ0v) is 11.1. The largest absolute Gasteiger partial charge is 0.490 e. The summed E-state index contributed by atoms with van der Waals surface area (Å²) in [6.07, 6.45) is 0.419. The number of alkyl carbamates (subject to hydrolysis) is 1. The molecule has 17 heavy (non-hydrogen) atoms. The summed E-state index contributed by atoms with van der Waals surface area (Å²) in [7, 11) is 0. The van der Waals surface area contributed by atoms with Crippen molar-refractivity contribution in [3.05, 3.63) is 16.3 Å². The van der Waals surface area contributed by atoms with Gasteiger partial charge < -0.3 is 14.8 Å². The number of ether oxygens (including phenoxy) is 2. The van der Waals surface area contributed by atoms with Gasteiger partial charge in [-0.25, -0.2) is 4.79 Å². The van der Waals surface area contributed by atoms with Crippen molar-refractivity contribution in [3.63, 3.8) is 0 Å². The fourth-order valence-corrected chi connectivity index (χ4v) is 2.46. The lowest BCUT2D eigenvalue weighted by molar-refractivity contribution is 0.0482. The van der Waals surface area contributed by atoms with Gasteiger partial charge in [-0.15, -0.1) is 11.3 Å². The molecule has 0 radical (unpaired) electrons. The Morgan fingerprint density at radius 2 is 2.29 bits per heavy atom. The van der Waals surface area contributed by atoms with Gasteiger partial charge in [-0.3, -0.25) is 0 Å². The Labute approximate surface area is 105 Å². The Bertz CT molecular complexity index is 408. The van der Waals surface area contributed by atoms with Crippen LogP contribution in [-0.2, 0) is 11.2 Å². The summed E-state index contributed by atoms with van der Waals surface area (Å²) < 4.78 is 10.8. The van der Waals surface area contributed by atoms with Gasteiger partial charge in [0.1, 0.15) is 18.0 Å². The van der Waals surface area contributed by atoms with Crippen LogP contribution in [0, 0.1) is 0 Å². The fourth-order valence-electron chi connectivity index (χ4n) is 1.67. The van der Waals surface area contributed by atoms with Gasteiger partial charge in [0.05, 0.1) is 6.04 Å². The molecule has 0 saturated carbocycles. The van der Waals surface area contributed by atoms with Crippen LogP contribution in [0.3, 0.4) is 0 Å². The summed E-state index contributed by atoms with van der Waals surface area (Å²) in [5.41, 5.74) is 0.690. The molecule has 2 rings (SSSR count). The molecule has 1 N–H and O–H groups in total. The summed E-state index contributed by atoms with van der Waals surface area (Å²) in [5, 5.41) is 6.86. The van der Waals surface area contributed by atoms with Crippen LogP contribution in [-0.4, -0.2) is 24.3 Å². The zero-order valence-electron chi connectivity index (χ0n) is 10.3. The monoisotopic (exact) mass is 255 g/mol. The van der Waals surface area contributed by atoms with Gasteiger partial charge in [0.25, 0.3) is 0 Å². The van der Waals surface area contributed by atoms with E-state index < -0.39 is 5.60 Å². The normalized spacial score (nSPS) is 19.1. The Kier molecular flexibility index (Phi) is 3.28. The summed E-state index contributed by atoms with van der Waals surface area (Å²) in [6.45, 7) is 6.05. The van der Waals surface area contributed by atoms with Gasteiger partial charge in [0, 0.05) is 17.4 Å². The van der Waals surface area contributed by atoms with Gasteiger partial charge >= 0.3 is 6.09 Å². The van der Waals surface area contributed by atoms with E-state index in [1.165, 1.54) is 0 Å². The van der Waals surface area contributed by atoms with E-state index >= 15 is 0 Å². The summed E-state index contributed by atoms with van der Waals surface area (Å²) >= 11 is 1.62. The number of thiophene rings is 1. The van der Waals surface area contributed by atoms with Crippen molar-refractivity contribution >= 4 is 17.4 Å². The quantitative estimate of drug-likeness (QED) is 0.839. The molecule has 1 aromatic rings. The molecule has 0 aliphatic carbocycles. The van der Waals surface area contributed by atoms with E-state index in [4.69, 9.17) is 9.47 Å². The molecular formula is C12H17NO3S. The predicted molar refractivity (Wildman–Crippen MR) is 66.7 cm³/mol. The van der Waals surface area contributed by atoms with Gasteiger partial charge in [-0.05, 0) is 26.2 Å². The average molecular weight is 255 g/mol. The van der Waals surface area contributed by atoms with Crippen molar-refractivity contribution in [2.45, 2.75) is 38.8 Å². The number of amides is 1. The van der Waals surface area contributed by atoms with Crippen molar-refractivity contribution < 1.29 is 14.3 Å². The zero-order chi connectivity index (χ0) is 12.5. The molecule has 1 atom stereocenters. The van der Waals surface area contributed by atoms with Crippen molar-refractivity contribution in [2.24, 2.45) is 0 Å². The van der Waals surface area contributed by atoms with Gasteiger partial charge in [-0.2, -0.15) is 0 Å². The molecular weight excluding hydrogens is 238 g/mol. The van der Waals surface area contributed by atoms with Crippen LogP contribution >= 0.6 is 11.3 Å². The highest BCUT2D eigenvalue weighted by molar-refractivity contribution is 7.08. The number of hydrogen-bond donors (Lipinski definition) is 1. The van der Waals surface area contributed by atoms with E-state index in [0.29, 0.717) is 6.61 Å². The van der Waals surface area contributed by atoms with Crippen LogP contribution in [0.25, 0.3) is 0 Å². The fraction of sp³-hybridized carbons (Fsp3) is 0.583. The third-order valence-electron chi connectivity index (χ3n) is 2.33. The minimum absolute atomic E-state index is 0.00745. The molecule has 5 heteroatoms. The van der Waals surface area contributed by atoms with Crippen LogP contribution in [0.4, 0.5) is 4.79 Å². The molecule has 0 aromatic carbocycles. The molecule has 1 unspecified atom stereocenters. The summed E-state index contributed by atoms with van der Waals surface area (Å²) in [6, 6.07) is -0.00745. The second-order valence-electron chi connectivity index (χ2n) is 5.12. The second-order valence-corrected chi connectivity index (χ2v) is 5.86. The first kappa shape index (κ1) is 12.2. The molecule has 1 aromatic heterocycles. The maximum atomic E-state index is 11.6. The predicted octanol–water partition coefficient (Wildman–Crippen LogP) is 2.58. The maximum absolute atomic E-state index is 11.6.